The zero-order valence-corrected chi connectivity index (χ0v) is 10.8. The van der Waals surface area contributed by atoms with Crippen LogP contribution in [0.25, 0.3) is 0 Å². The van der Waals surface area contributed by atoms with E-state index in [1.165, 1.54) is 32.5 Å². The van der Waals surface area contributed by atoms with Gasteiger partial charge in [0, 0.05) is 25.2 Å². The lowest BCUT2D eigenvalue weighted by molar-refractivity contribution is 0.155. The number of hydrogen-bond acceptors (Lipinski definition) is 3. The first-order chi connectivity index (χ1) is 6.87. The van der Waals surface area contributed by atoms with Crippen molar-refractivity contribution < 1.29 is 0 Å². The number of hydrogen-bond donors (Lipinski definition) is 1. The summed E-state index contributed by atoms with van der Waals surface area (Å²) in [6.45, 7) is 8.86. The second-order valence-electron chi connectivity index (χ2n) is 5.96. The van der Waals surface area contributed by atoms with Gasteiger partial charge in [-0.3, -0.25) is 0 Å². The summed E-state index contributed by atoms with van der Waals surface area (Å²) in [4.78, 5) is 4.82. The number of nitrogens with two attached hydrogens (primary N) is 1. The quantitative estimate of drug-likeness (QED) is 0.756. The Balaban J connectivity index is 2.28. The van der Waals surface area contributed by atoms with Crippen LogP contribution in [0.15, 0.2) is 0 Å². The fourth-order valence-corrected chi connectivity index (χ4v) is 2.62. The zero-order chi connectivity index (χ0) is 11.5. The molecule has 2 N–H and O–H groups in total. The second-order valence-corrected chi connectivity index (χ2v) is 5.96. The van der Waals surface area contributed by atoms with Gasteiger partial charge in [-0.25, -0.2) is 0 Å². The Labute approximate surface area is 94.6 Å². The molecular weight excluding hydrogens is 186 g/mol. The number of likely N-dealkylation sites (N-methyl/N-ethyl adjacent to an activating group) is 1. The van der Waals surface area contributed by atoms with Gasteiger partial charge in [0.2, 0.25) is 0 Å². The summed E-state index contributed by atoms with van der Waals surface area (Å²) < 4.78 is 0. The third-order valence-corrected chi connectivity index (χ3v) is 2.97. The molecule has 1 aliphatic heterocycles. The fraction of sp³-hybridized carbons (Fsp3) is 1.00. The standard InChI is InChI=1S/C12H27N3/c1-12(2,13)10-15(4)9-11-6-5-7-14(3)8-11/h11H,5-10,13H2,1-4H3. The number of nitrogens with zero attached hydrogens (tertiary/aromatic N) is 2. The highest BCUT2D eigenvalue weighted by Gasteiger charge is 2.21. The molecule has 0 aromatic heterocycles. The third-order valence-electron chi connectivity index (χ3n) is 2.97. The largest absolute Gasteiger partial charge is 0.324 e. The Bertz CT molecular complexity index is 186. The van der Waals surface area contributed by atoms with Crippen molar-refractivity contribution in [1.82, 2.24) is 9.80 Å². The Morgan fingerprint density at radius 3 is 2.67 bits per heavy atom. The second kappa shape index (κ2) is 5.28. The number of likely N-dealkylation sites (tertiary alicyclic amines) is 1. The molecule has 0 amide bonds. The molecule has 15 heavy (non-hydrogen) atoms. The summed E-state index contributed by atoms with van der Waals surface area (Å²) in [7, 11) is 4.41. The van der Waals surface area contributed by atoms with Crippen LogP contribution >= 0.6 is 0 Å². The average Bonchev–Trinajstić information content (AvgIpc) is 1.99. The summed E-state index contributed by atoms with van der Waals surface area (Å²) in [5.41, 5.74) is 5.94. The minimum Gasteiger partial charge on any atom is -0.324 e. The molecule has 3 heteroatoms. The van der Waals surface area contributed by atoms with Crippen molar-refractivity contribution in [2.24, 2.45) is 11.7 Å². The predicted molar refractivity (Wildman–Crippen MR) is 66.0 cm³/mol. The molecule has 1 rings (SSSR count). The van der Waals surface area contributed by atoms with E-state index in [4.69, 9.17) is 5.73 Å². The van der Waals surface area contributed by atoms with Gasteiger partial charge in [-0.05, 0) is 53.2 Å². The molecule has 0 spiro atoms. The SMILES string of the molecule is CN1CCCC(CN(C)CC(C)(C)N)C1. The van der Waals surface area contributed by atoms with E-state index in [1.54, 1.807) is 0 Å². The highest BCUT2D eigenvalue weighted by Crippen LogP contribution is 2.16. The van der Waals surface area contributed by atoms with Gasteiger partial charge in [-0.15, -0.1) is 0 Å². The van der Waals surface area contributed by atoms with Gasteiger partial charge in [0.15, 0.2) is 0 Å². The van der Waals surface area contributed by atoms with Crippen LogP contribution in [0.3, 0.4) is 0 Å². The van der Waals surface area contributed by atoms with E-state index in [0.29, 0.717) is 0 Å². The molecule has 3 nitrogen and oxygen atoms in total. The monoisotopic (exact) mass is 213 g/mol. The minimum absolute atomic E-state index is 0.0741. The van der Waals surface area contributed by atoms with Crippen molar-refractivity contribution in [1.29, 1.82) is 0 Å². The fourth-order valence-electron chi connectivity index (χ4n) is 2.62. The molecule has 1 heterocycles. The molecule has 1 aliphatic rings. The van der Waals surface area contributed by atoms with Crippen LogP contribution in [0.5, 0.6) is 0 Å². The maximum atomic E-state index is 6.02. The molecule has 90 valence electrons. The van der Waals surface area contributed by atoms with Crippen molar-refractivity contribution in [2.45, 2.75) is 32.2 Å². The van der Waals surface area contributed by atoms with E-state index >= 15 is 0 Å². The van der Waals surface area contributed by atoms with Crippen LogP contribution in [0.2, 0.25) is 0 Å². The molecule has 0 saturated carbocycles. The minimum atomic E-state index is -0.0741. The molecular formula is C12H27N3. The van der Waals surface area contributed by atoms with E-state index in [2.05, 4.69) is 37.7 Å². The van der Waals surface area contributed by atoms with Crippen LogP contribution in [0.4, 0.5) is 0 Å². The molecule has 1 fully saturated rings. The molecule has 0 aromatic carbocycles. The maximum Gasteiger partial charge on any atom is 0.0225 e. The summed E-state index contributed by atoms with van der Waals surface area (Å²) in [5, 5.41) is 0. The van der Waals surface area contributed by atoms with Gasteiger partial charge in [-0.1, -0.05) is 0 Å². The Morgan fingerprint density at radius 2 is 2.13 bits per heavy atom. The van der Waals surface area contributed by atoms with Crippen LogP contribution in [-0.4, -0.2) is 55.6 Å². The lowest BCUT2D eigenvalue weighted by atomic mass is 9.97. The van der Waals surface area contributed by atoms with E-state index < -0.39 is 0 Å². The van der Waals surface area contributed by atoms with Gasteiger partial charge in [0.05, 0.1) is 0 Å². The normalized spacial score (nSPS) is 24.8. The first-order valence-electron chi connectivity index (χ1n) is 6.03. The van der Waals surface area contributed by atoms with Crippen molar-refractivity contribution in [3.8, 4) is 0 Å². The highest BCUT2D eigenvalue weighted by atomic mass is 15.1. The van der Waals surface area contributed by atoms with E-state index in [-0.39, 0.29) is 5.54 Å². The number of piperidine rings is 1. The van der Waals surface area contributed by atoms with Crippen LogP contribution in [0, 0.1) is 5.92 Å². The molecule has 0 radical (unpaired) electrons. The smallest absolute Gasteiger partial charge is 0.0225 e. The van der Waals surface area contributed by atoms with Crippen molar-refractivity contribution >= 4 is 0 Å². The van der Waals surface area contributed by atoms with E-state index in [1.807, 2.05) is 0 Å². The van der Waals surface area contributed by atoms with Crippen LogP contribution < -0.4 is 5.73 Å². The Kier molecular flexibility index (Phi) is 4.56. The molecule has 0 aromatic rings. The summed E-state index contributed by atoms with van der Waals surface area (Å²) in [6, 6.07) is 0. The summed E-state index contributed by atoms with van der Waals surface area (Å²) in [5.74, 6) is 0.830. The third kappa shape index (κ3) is 5.50. The van der Waals surface area contributed by atoms with Gasteiger partial charge in [0.25, 0.3) is 0 Å². The van der Waals surface area contributed by atoms with Crippen molar-refractivity contribution in [3.05, 3.63) is 0 Å². The summed E-state index contributed by atoms with van der Waals surface area (Å²) in [6.07, 6.45) is 2.72. The molecule has 0 aliphatic carbocycles. The van der Waals surface area contributed by atoms with Gasteiger partial charge in [-0.2, -0.15) is 0 Å². The predicted octanol–water partition coefficient (Wildman–Crippen LogP) is 0.997. The lowest BCUT2D eigenvalue weighted by Gasteiger charge is -2.34. The zero-order valence-electron chi connectivity index (χ0n) is 10.8. The Morgan fingerprint density at radius 1 is 1.47 bits per heavy atom. The van der Waals surface area contributed by atoms with Crippen molar-refractivity contribution in [3.63, 3.8) is 0 Å². The average molecular weight is 213 g/mol. The highest BCUT2D eigenvalue weighted by molar-refractivity contribution is 4.79. The lowest BCUT2D eigenvalue weighted by Crippen LogP contribution is -2.46. The van der Waals surface area contributed by atoms with Gasteiger partial charge >= 0.3 is 0 Å². The van der Waals surface area contributed by atoms with Crippen LogP contribution in [-0.2, 0) is 0 Å². The Hall–Kier alpha value is -0.120. The first-order valence-corrected chi connectivity index (χ1v) is 6.03. The molecule has 0 bridgehead atoms. The maximum absolute atomic E-state index is 6.02. The van der Waals surface area contributed by atoms with Gasteiger partial charge < -0.3 is 15.5 Å². The molecule has 1 saturated heterocycles. The molecule has 1 atom stereocenters. The van der Waals surface area contributed by atoms with E-state index in [0.717, 1.165) is 12.5 Å². The topological polar surface area (TPSA) is 32.5 Å². The number of rotatable bonds is 4. The molecule has 1 unspecified atom stereocenters. The first kappa shape index (κ1) is 12.9. The summed E-state index contributed by atoms with van der Waals surface area (Å²) >= 11 is 0. The van der Waals surface area contributed by atoms with Crippen LogP contribution in [0.1, 0.15) is 26.7 Å². The van der Waals surface area contributed by atoms with Gasteiger partial charge in [0.1, 0.15) is 0 Å². The van der Waals surface area contributed by atoms with E-state index in [9.17, 15) is 0 Å². The van der Waals surface area contributed by atoms with Crippen molar-refractivity contribution in [2.75, 3.05) is 40.3 Å².